The lowest BCUT2D eigenvalue weighted by molar-refractivity contribution is 0.0312. The number of aliphatic hydroxyl groups is 1. The maximum Gasteiger partial charge on any atom is 0.273 e. The van der Waals surface area contributed by atoms with E-state index in [1.54, 1.807) is 24.1 Å². The summed E-state index contributed by atoms with van der Waals surface area (Å²) in [6.45, 7) is 6.40. The summed E-state index contributed by atoms with van der Waals surface area (Å²) in [4.78, 5) is 17.8. The summed E-state index contributed by atoms with van der Waals surface area (Å²) >= 11 is 1.38. The third kappa shape index (κ3) is 4.07. The van der Waals surface area contributed by atoms with Gasteiger partial charge in [0, 0.05) is 25.0 Å². The van der Waals surface area contributed by atoms with Gasteiger partial charge in [-0.25, -0.2) is 4.98 Å². The molecular weight excluding hydrogens is 238 g/mol. The predicted molar refractivity (Wildman–Crippen MR) is 67.9 cm³/mol. The average molecular weight is 257 g/mol. The van der Waals surface area contributed by atoms with Crippen molar-refractivity contribution >= 4 is 17.2 Å². The minimum atomic E-state index is -0.904. The van der Waals surface area contributed by atoms with Gasteiger partial charge in [-0.15, -0.1) is 11.3 Å². The third-order valence-corrected chi connectivity index (χ3v) is 3.06. The Hall–Kier alpha value is -0.980. The van der Waals surface area contributed by atoms with Crippen LogP contribution in [0.25, 0.3) is 0 Å². The fourth-order valence-corrected chi connectivity index (χ4v) is 2.11. The molecule has 0 radical (unpaired) electrons. The lowest BCUT2D eigenvalue weighted by Gasteiger charge is -2.27. The van der Waals surface area contributed by atoms with Crippen molar-refractivity contribution in [1.29, 1.82) is 0 Å². The van der Waals surface area contributed by atoms with E-state index in [9.17, 15) is 9.90 Å². The Morgan fingerprint density at radius 1 is 1.65 bits per heavy atom. The van der Waals surface area contributed by atoms with E-state index in [0.29, 0.717) is 18.8 Å². The molecule has 0 atom stereocenters. The summed E-state index contributed by atoms with van der Waals surface area (Å²) in [6.07, 6.45) is 0. The summed E-state index contributed by atoms with van der Waals surface area (Å²) in [5.41, 5.74) is 4.96. The second-order valence-electron chi connectivity index (χ2n) is 4.46. The van der Waals surface area contributed by atoms with Crippen LogP contribution in [0.2, 0.25) is 0 Å². The normalized spacial score (nSPS) is 11.6. The molecule has 1 amide bonds. The number of amides is 1. The Morgan fingerprint density at radius 3 is 2.71 bits per heavy atom. The van der Waals surface area contributed by atoms with Gasteiger partial charge in [-0.3, -0.25) is 4.79 Å². The van der Waals surface area contributed by atoms with Gasteiger partial charge < -0.3 is 15.7 Å². The molecule has 6 heteroatoms. The monoisotopic (exact) mass is 257 g/mol. The molecule has 0 aliphatic rings. The highest BCUT2D eigenvalue weighted by molar-refractivity contribution is 7.09. The summed E-state index contributed by atoms with van der Waals surface area (Å²) < 4.78 is 0. The van der Waals surface area contributed by atoms with Crippen molar-refractivity contribution in [2.75, 3.05) is 13.1 Å². The first-order chi connectivity index (χ1) is 7.87. The van der Waals surface area contributed by atoms with Crippen molar-refractivity contribution < 1.29 is 9.90 Å². The number of nitrogens with zero attached hydrogens (tertiary/aromatic N) is 2. The van der Waals surface area contributed by atoms with Crippen molar-refractivity contribution in [2.45, 2.75) is 32.9 Å². The molecule has 3 N–H and O–H groups in total. The Bertz CT molecular complexity index is 384. The summed E-state index contributed by atoms with van der Waals surface area (Å²) in [7, 11) is 0. The summed E-state index contributed by atoms with van der Waals surface area (Å²) in [5.74, 6) is -0.162. The number of carbonyl (C=O) groups is 1. The van der Waals surface area contributed by atoms with Gasteiger partial charge in [-0.05, 0) is 20.8 Å². The van der Waals surface area contributed by atoms with E-state index in [0.717, 1.165) is 5.01 Å². The Morgan fingerprint density at radius 2 is 2.29 bits per heavy atom. The molecule has 1 aromatic rings. The van der Waals surface area contributed by atoms with Crippen LogP contribution in [0.4, 0.5) is 0 Å². The smallest absolute Gasteiger partial charge is 0.273 e. The van der Waals surface area contributed by atoms with Gasteiger partial charge in [0.1, 0.15) is 10.7 Å². The van der Waals surface area contributed by atoms with Gasteiger partial charge in [-0.2, -0.15) is 0 Å². The number of rotatable bonds is 5. The van der Waals surface area contributed by atoms with Gasteiger partial charge >= 0.3 is 0 Å². The molecule has 0 aliphatic heterocycles. The fourth-order valence-electron chi connectivity index (χ4n) is 1.46. The molecule has 0 unspecified atom stereocenters. The zero-order valence-electron chi connectivity index (χ0n) is 10.4. The zero-order valence-corrected chi connectivity index (χ0v) is 11.3. The van der Waals surface area contributed by atoms with Crippen LogP contribution >= 0.6 is 11.3 Å². The molecule has 0 aromatic carbocycles. The second kappa shape index (κ2) is 5.57. The molecule has 1 heterocycles. The predicted octanol–water partition coefficient (Wildman–Crippen LogP) is 0.835. The molecule has 5 nitrogen and oxygen atoms in total. The molecule has 0 fully saturated rings. The van der Waals surface area contributed by atoms with E-state index in [1.165, 1.54) is 11.3 Å². The SMILES string of the molecule is CCN(CC(C)(C)O)C(=O)c1csc(CN)n1. The number of hydrogen-bond donors (Lipinski definition) is 2. The van der Waals surface area contributed by atoms with Crippen molar-refractivity contribution in [3.05, 3.63) is 16.1 Å². The highest BCUT2D eigenvalue weighted by atomic mass is 32.1. The van der Waals surface area contributed by atoms with Crippen LogP contribution < -0.4 is 5.73 Å². The highest BCUT2D eigenvalue weighted by Gasteiger charge is 2.23. The van der Waals surface area contributed by atoms with Gasteiger partial charge in [0.05, 0.1) is 5.60 Å². The van der Waals surface area contributed by atoms with Crippen LogP contribution in [0.5, 0.6) is 0 Å². The van der Waals surface area contributed by atoms with E-state index in [1.807, 2.05) is 6.92 Å². The Kier molecular flexibility index (Phi) is 4.62. The lowest BCUT2D eigenvalue weighted by atomic mass is 10.1. The number of nitrogens with two attached hydrogens (primary N) is 1. The van der Waals surface area contributed by atoms with Crippen LogP contribution in [0, 0.1) is 0 Å². The van der Waals surface area contributed by atoms with Crippen LogP contribution in [-0.4, -0.2) is 39.6 Å². The van der Waals surface area contributed by atoms with Crippen LogP contribution in [-0.2, 0) is 6.54 Å². The Labute approximate surface area is 105 Å². The molecule has 96 valence electrons. The minimum Gasteiger partial charge on any atom is -0.389 e. The van der Waals surface area contributed by atoms with E-state index in [2.05, 4.69) is 4.98 Å². The van der Waals surface area contributed by atoms with Gasteiger partial charge in [0.15, 0.2) is 0 Å². The van der Waals surface area contributed by atoms with Crippen LogP contribution in [0.3, 0.4) is 0 Å². The van der Waals surface area contributed by atoms with Crippen molar-refractivity contribution in [1.82, 2.24) is 9.88 Å². The largest absolute Gasteiger partial charge is 0.389 e. The molecule has 0 saturated heterocycles. The quantitative estimate of drug-likeness (QED) is 0.819. The van der Waals surface area contributed by atoms with E-state index in [4.69, 9.17) is 5.73 Å². The van der Waals surface area contributed by atoms with Crippen LogP contribution in [0.15, 0.2) is 5.38 Å². The highest BCUT2D eigenvalue weighted by Crippen LogP contribution is 2.13. The van der Waals surface area contributed by atoms with Crippen molar-refractivity contribution in [2.24, 2.45) is 5.73 Å². The number of likely N-dealkylation sites (N-methyl/N-ethyl adjacent to an activating group) is 1. The third-order valence-electron chi connectivity index (χ3n) is 2.19. The van der Waals surface area contributed by atoms with Gasteiger partial charge in [0.25, 0.3) is 5.91 Å². The first-order valence-electron chi connectivity index (χ1n) is 5.53. The molecule has 0 spiro atoms. The van der Waals surface area contributed by atoms with Gasteiger partial charge in [-0.1, -0.05) is 0 Å². The number of aromatic nitrogens is 1. The summed E-state index contributed by atoms with van der Waals surface area (Å²) in [6, 6.07) is 0. The molecular formula is C11H19N3O2S. The fraction of sp³-hybridized carbons (Fsp3) is 0.636. The number of hydrogen-bond acceptors (Lipinski definition) is 5. The lowest BCUT2D eigenvalue weighted by Crippen LogP contribution is -2.42. The Balaban J connectivity index is 2.79. The molecule has 0 bridgehead atoms. The standard InChI is InChI=1S/C11H19N3O2S/c1-4-14(7-11(2,3)16)10(15)8-6-17-9(5-12)13-8/h6,16H,4-5,7,12H2,1-3H3. The molecule has 17 heavy (non-hydrogen) atoms. The first-order valence-corrected chi connectivity index (χ1v) is 6.41. The first kappa shape index (κ1) is 14.1. The minimum absolute atomic E-state index is 0.162. The molecule has 1 rings (SSSR count). The van der Waals surface area contributed by atoms with E-state index in [-0.39, 0.29) is 12.5 Å². The molecule has 0 saturated carbocycles. The topological polar surface area (TPSA) is 79.5 Å². The maximum atomic E-state index is 12.1. The van der Waals surface area contributed by atoms with Crippen molar-refractivity contribution in [3.8, 4) is 0 Å². The number of carbonyl (C=O) groups excluding carboxylic acids is 1. The second-order valence-corrected chi connectivity index (χ2v) is 5.41. The maximum absolute atomic E-state index is 12.1. The average Bonchev–Trinajstić information content (AvgIpc) is 2.72. The van der Waals surface area contributed by atoms with Crippen LogP contribution in [0.1, 0.15) is 36.3 Å². The number of thiazole rings is 1. The van der Waals surface area contributed by atoms with E-state index >= 15 is 0 Å². The van der Waals surface area contributed by atoms with Crippen molar-refractivity contribution in [3.63, 3.8) is 0 Å². The summed E-state index contributed by atoms with van der Waals surface area (Å²) in [5, 5.41) is 12.2. The van der Waals surface area contributed by atoms with E-state index < -0.39 is 5.60 Å². The molecule has 0 aliphatic carbocycles. The molecule has 1 aromatic heterocycles. The zero-order chi connectivity index (χ0) is 13.1. The van der Waals surface area contributed by atoms with Gasteiger partial charge in [0.2, 0.25) is 0 Å².